The number of carbonyl (C=O) groups is 1. The number of carbonyl (C=O) groups excluding carboxylic acids is 1. The third-order valence-electron chi connectivity index (χ3n) is 2.57. The summed E-state index contributed by atoms with van der Waals surface area (Å²) in [6.45, 7) is 1.46. The first-order chi connectivity index (χ1) is 8.69. The quantitative estimate of drug-likeness (QED) is 0.409. The first kappa shape index (κ1) is 14.0. The molecule has 0 aliphatic carbocycles. The van der Waals surface area contributed by atoms with Gasteiger partial charge >= 0.3 is 0 Å². The van der Waals surface area contributed by atoms with E-state index in [-0.39, 0.29) is 12.4 Å². The molecule has 0 amide bonds. The van der Waals surface area contributed by atoms with Crippen molar-refractivity contribution in [2.75, 3.05) is 6.79 Å². The van der Waals surface area contributed by atoms with Crippen molar-refractivity contribution in [3.8, 4) is 11.5 Å². The maximum Gasteiger partial charge on any atom is 0.231 e. The normalized spacial score (nSPS) is 16.9. The van der Waals surface area contributed by atoms with Crippen molar-refractivity contribution in [3.63, 3.8) is 0 Å². The summed E-state index contributed by atoms with van der Waals surface area (Å²) < 4.78 is 10.3. The number of aliphatic hydroxyl groups is 1. The van der Waals surface area contributed by atoms with Gasteiger partial charge in [0.15, 0.2) is 17.3 Å². The minimum absolute atomic E-state index is 0.108. The SMILES string of the molecule is [B]C([B])(O)NC([B])(C)C(=O)c1ccc2c(c1)OCO2. The number of Topliss-reactive ketones (excluding diaryl/α,β-unsaturated/α-hetero) is 1. The van der Waals surface area contributed by atoms with Crippen LogP contribution in [0.4, 0.5) is 0 Å². The fourth-order valence-electron chi connectivity index (χ4n) is 1.81. The zero-order chi connectivity index (χ0) is 14.3. The van der Waals surface area contributed by atoms with Gasteiger partial charge in [0.1, 0.15) is 23.5 Å². The average molecular weight is 253 g/mol. The molecule has 0 spiro atoms. The second-order valence-electron chi connectivity index (χ2n) is 4.55. The average Bonchev–Trinajstić information content (AvgIpc) is 2.71. The van der Waals surface area contributed by atoms with Gasteiger partial charge in [-0.2, -0.15) is 0 Å². The molecule has 1 aliphatic heterocycles. The molecule has 1 heterocycles. The van der Waals surface area contributed by atoms with Gasteiger partial charge < -0.3 is 19.9 Å². The van der Waals surface area contributed by atoms with Gasteiger partial charge in [-0.25, -0.2) is 0 Å². The molecule has 1 aromatic rings. The highest BCUT2D eigenvalue weighted by molar-refractivity contribution is 6.40. The molecule has 2 N–H and O–H groups in total. The summed E-state index contributed by atoms with van der Waals surface area (Å²) in [7, 11) is 16.1. The lowest BCUT2D eigenvalue weighted by molar-refractivity contribution is 0.0848. The standard InChI is InChI=1S/C11H10B3NO4/c1-10(12,15-11(13,14)17)9(16)6-2-3-7-8(4-6)19-5-18-7/h2-4,15,17H,5H2,1H3. The summed E-state index contributed by atoms with van der Waals surface area (Å²) >= 11 is 0. The first-order valence-corrected chi connectivity index (χ1v) is 5.52. The van der Waals surface area contributed by atoms with E-state index < -0.39 is 16.7 Å². The van der Waals surface area contributed by atoms with Crippen LogP contribution in [-0.4, -0.2) is 52.2 Å². The van der Waals surface area contributed by atoms with Gasteiger partial charge in [0.05, 0.1) is 0 Å². The van der Waals surface area contributed by atoms with Crippen LogP contribution in [0.3, 0.4) is 0 Å². The van der Waals surface area contributed by atoms with Crippen molar-refractivity contribution in [1.29, 1.82) is 0 Å². The fourth-order valence-corrected chi connectivity index (χ4v) is 1.81. The number of benzene rings is 1. The van der Waals surface area contributed by atoms with Crippen LogP contribution in [-0.2, 0) is 0 Å². The summed E-state index contributed by atoms with van der Waals surface area (Å²) in [6, 6.07) is 4.64. The van der Waals surface area contributed by atoms with Gasteiger partial charge in [0, 0.05) is 16.5 Å². The number of hydrogen-bond donors (Lipinski definition) is 2. The van der Waals surface area contributed by atoms with Gasteiger partial charge in [-0.05, 0) is 25.1 Å². The highest BCUT2D eigenvalue weighted by atomic mass is 16.7. The van der Waals surface area contributed by atoms with Crippen molar-refractivity contribution in [2.24, 2.45) is 0 Å². The maximum absolute atomic E-state index is 12.2. The van der Waals surface area contributed by atoms with E-state index in [0.717, 1.165) is 0 Å². The lowest BCUT2D eigenvalue weighted by atomic mass is 9.66. The van der Waals surface area contributed by atoms with E-state index in [1.165, 1.54) is 19.1 Å². The molecule has 1 unspecified atom stereocenters. The predicted octanol–water partition coefficient (Wildman–Crippen LogP) is -0.987. The molecule has 0 aromatic heterocycles. The minimum Gasteiger partial charge on any atom is -0.454 e. The van der Waals surface area contributed by atoms with Gasteiger partial charge in [-0.15, -0.1) is 0 Å². The smallest absolute Gasteiger partial charge is 0.231 e. The Balaban J connectivity index is 2.24. The minimum atomic E-state index is -2.25. The number of fused-ring (bicyclic) bond motifs is 1. The summed E-state index contributed by atoms with van der Waals surface area (Å²) in [5, 5.41) is 11.5. The maximum atomic E-state index is 12.2. The van der Waals surface area contributed by atoms with E-state index in [9.17, 15) is 9.90 Å². The second kappa shape index (κ2) is 4.61. The van der Waals surface area contributed by atoms with Gasteiger partial charge in [-0.3, -0.25) is 4.79 Å². The van der Waals surface area contributed by atoms with Gasteiger partial charge in [0.25, 0.3) is 0 Å². The van der Waals surface area contributed by atoms with Crippen LogP contribution in [0.25, 0.3) is 0 Å². The summed E-state index contributed by atoms with van der Waals surface area (Å²) in [5.41, 5.74) is -3.60. The number of rotatable bonds is 4. The molecule has 92 valence electrons. The van der Waals surface area contributed by atoms with E-state index >= 15 is 0 Å². The third-order valence-corrected chi connectivity index (χ3v) is 2.57. The Bertz CT molecular complexity index is 513. The van der Waals surface area contributed by atoms with Crippen LogP contribution < -0.4 is 14.8 Å². The number of nitrogens with one attached hydrogen (secondary N) is 1. The number of hydrogen-bond acceptors (Lipinski definition) is 5. The highest BCUT2D eigenvalue weighted by Gasteiger charge is 2.32. The van der Waals surface area contributed by atoms with Crippen molar-refractivity contribution < 1.29 is 19.4 Å². The molecule has 19 heavy (non-hydrogen) atoms. The molecule has 1 aromatic carbocycles. The Labute approximate surface area is 114 Å². The second-order valence-corrected chi connectivity index (χ2v) is 4.55. The first-order valence-electron chi connectivity index (χ1n) is 5.52. The van der Waals surface area contributed by atoms with E-state index in [1.54, 1.807) is 6.07 Å². The van der Waals surface area contributed by atoms with Gasteiger partial charge in [-0.1, -0.05) is 0 Å². The molecule has 0 bridgehead atoms. The van der Waals surface area contributed by atoms with Crippen molar-refractivity contribution in [1.82, 2.24) is 5.32 Å². The molecule has 0 fully saturated rings. The molecule has 8 heteroatoms. The molecule has 1 aliphatic rings. The van der Waals surface area contributed by atoms with E-state index in [2.05, 4.69) is 5.32 Å². The third kappa shape index (κ3) is 3.14. The zero-order valence-electron chi connectivity index (χ0n) is 10.3. The van der Waals surface area contributed by atoms with Crippen LogP contribution in [0.5, 0.6) is 11.5 Å². The lowest BCUT2D eigenvalue weighted by Gasteiger charge is -2.34. The summed E-state index contributed by atoms with van der Waals surface area (Å²) in [5.74, 6) is 0.509. The Morgan fingerprint density at radius 2 is 1.95 bits per heavy atom. The summed E-state index contributed by atoms with van der Waals surface area (Å²) in [4.78, 5) is 12.2. The van der Waals surface area contributed by atoms with Crippen LogP contribution in [0.15, 0.2) is 18.2 Å². The Hall–Kier alpha value is -1.40. The highest BCUT2D eigenvalue weighted by Crippen LogP contribution is 2.33. The van der Waals surface area contributed by atoms with E-state index in [1.807, 2.05) is 0 Å². The Morgan fingerprint density at radius 1 is 1.32 bits per heavy atom. The van der Waals surface area contributed by atoms with Gasteiger partial charge in [0.2, 0.25) is 6.79 Å². The fraction of sp³-hybridized carbons (Fsp3) is 0.364. The monoisotopic (exact) mass is 253 g/mol. The van der Waals surface area contributed by atoms with E-state index in [0.29, 0.717) is 11.5 Å². The molecular formula is C11H10B3NO4. The molecule has 5 nitrogen and oxygen atoms in total. The van der Waals surface area contributed by atoms with Crippen molar-refractivity contribution in [2.45, 2.75) is 17.9 Å². The molecule has 0 saturated heterocycles. The molecule has 6 radical (unpaired) electrons. The lowest BCUT2D eigenvalue weighted by Crippen LogP contribution is -2.61. The van der Waals surface area contributed by atoms with E-state index in [4.69, 9.17) is 33.0 Å². The predicted molar refractivity (Wildman–Crippen MR) is 70.6 cm³/mol. The van der Waals surface area contributed by atoms with Crippen LogP contribution in [0.2, 0.25) is 0 Å². The van der Waals surface area contributed by atoms with Crippen molar-refractivity contribution in [3.05, 3.63) is 23.8 Å². The zero-order valence-corrected chi connectivity index (χ0v) is 10.3. The van der Waals surface area contributed by atoms with Crippen molar-refractivity contribution >= 4 is 29.3 Å². The molecule has 2 rings (SSSR count). The summed E-state index contributed by atoms with van der Waals surface area (Å²) in [6.07, 6.45) is 0. The van der Waals surface area contributed by atoms with Crippen LogP contribution in [0, 0.1) is 0 Å². The number of ether oxygens (including phenoxy) is 2. The molecular weight excluding hydrogens is 243 g/mol. The Kier molecular flexibility index (Phi) is 3.41. The topological polar surface area (TPSA) is 67.8 Å². The largest absolute Gasteiger partial charge is 0.454 e. The van der Waals surface area contributed by atoms with Crippen LogP contribution >= 0.6 is 0 Å². The number of ketones is 1. The molecule has 0 saturated carbocycles. The Morgan fingerprint density at radius 3 is 2.58 bits per heavy atom. The van der Waals surface area contributed by atoms with Crippen LogP contribution in [0.1, 0.15) is 17.3 Å². The molecule has 1 atom stereocenters.